The zero-order valence-corrected chi connectivity index (χ0v) is 10.9. The highest BCUT2D eigenvalue weighted by atomic mass is 16.5. The normalized spacial score (nSPS) is 11.0. The van der Waals surface area contributed by atoms with Crippen LogP contribution in [0.4, 0.5) is 0 Å². The van der Waals surface area contributed by atoms with E-state index in [1.54, 1.807) is 6.20 Å². The molecule has 6 heteroatoms. The van der Waals surface area contributed by atoms with Crippen molar-refractivity contribution in [3.63, 3.8) is 0 Å². The number of nitrogens with zero attached hydrogens (tertiary/aromatic N) is 4. The molecule has 0 atom stereocenters. The van der Waals surface area contributed by atoms with Gasteiger partial charge in [0.2, 0.25) is 5.89 Å². The zero-order valence-electron chi connectivity index (χ0n) is 10.9. The van der Waals surface area contributed by atoms with E-state index in [0.29, 0.717) is 12.4 Å². The monoisotopic (exact) mass is 249 g/mol. The van der Waals surface area contributed by atoms with Crippen molar-refractivity contribution in [3.05, 3.63) is 29.9 Å². The van der Waals surface area contributed by atoms with Gasteiger partial charge >= 0.3 is 0 Å². The molecular weight excluding hydrogens is 230 g/mol. The minimum atomic E-state index is 0.581. The summed E-state index contributed by atoms with van der Waals surface area (Å²) in [6, 6.07) is 0. The summed E-state index contributed by atoms with van der Waals surface area (Å²) in [5.41, 5.74) is 0. The molecule has 98 valence electrons. The largest absolute Gasteiger partial charge is 0.337 e. The molecule has 1 N–H and O–H groups in total. The topological polar surface area (TPSA) is 68.8 Å². The Balaban J connectivity index is 2.01. The molecule has 0 saturated carbocycles. The average molecular weight is 249 g/mol. The second-order valence-corrected chi connectivity index (χ2v) is 4.11. The van der Waals surface area contributed by atoms with Crippen LogP contribution >= 0.6 is 0 Å². The average Bonchev–Trinajstić information content (AvgIpc) is 2.98. The highest BCUT2D eigenvalue weighted by molar-refractivity contribution is 4.96. The van der Waals surface area contributed by atoms with Crippen molar-refractivity contribution in [2.45, 2.75) is 39.8 Å². The van der Waals surface area contributed by atoms with Gasteiger partial charge in [-0.25, -0.2) is 4.98 Å². The van der Waals surface area contributed by atoms with E-state index >= 15 is 0 Å². The van der Waals surface area contributed by atoms with E-state index in [1.807, 2.05) is 10.8 Å². The first-order valence-electron chi connectivity index (χ1n) is 6.35. The first-order valence-corrected chi connectivity index (χ1v) is 6.35. The third kappa shape index (κ3) is 3.16. The van der Waals surface area contributed by atoms with E-state index in [2.05, 4.69) is 34.3 Å². The second-order valence-electron chi connectivity index (χ2n) is 4.11. The van der Waals surface area contributed by atoms with Crippen molar-refractivity contribution >= 4 is 0 Å². The smallest absolute Gasteiger partial charge is 0.246 e. The molecule has 2 aromatic rings. The Morgan fingerprint density at radius 1 is 1.39 bits per heavy atom. The Labute approximate surface area is 106 Å². The van der Waals surface area contributed by atoms with Gasteiger partial charge in [0.25, 0.3) is 0 Å². The van der Waals surface area contributed by atoms with E-state index in [1.165, 1.54) is 0 Å². The Kier molecular flexibility index (Phi) is 4.46. The fourth-order valence-corrected chi connectivity index (χ4v) is 1.71. The van der Waals surface area contributed by atoms with Crippen LogP contribution in [0.15, 0.2) is 16.9 Å². The van der Waals surface area contributed by atoms with Crippen LogP contribution in [0, 0.1) is 0 Å². The van der Waals surface area contributed by atoms with Gasteiger partial charge in [-0.2, -0.15) is 4.98 Å². The van der Waals surface area contributed by atoms with Gasteiger partial charge in [0.15, 0.2) is 5.82 Å². The van der Waals surface area contributed by atoms with Crippen LogP contribution < -0.4 is 5.32 Å². The minimum Gasteiger partial charge on any atom is -0.337 e. The zero-order chi connectivity index (χ0) is 12.8. The molecule has 2 aromatic heterocycles. The molecule has 0 fully saturated rings. The summed E-state index contributed by atoms with van der Waals surface area (Å²) in [5, 5.41) is 7.20. The highest BCUT2D eigenvalue weighted by Gasteiger charge is 2.08. The lowest BCUT2D eigenvalue weighted by Gasteiger charge is -2.04. The van der Waals surface area contributed by atoms with Crippen LogP contribution in [0.1, 0.15) is 37.8 Å². The predicted octanol–water partition coefficient (Wildman–Crippen LogP) is 1.38. The molecule has 0 unspecified atom stereocenters. The summed E-state index contributed by atoms with van der Waals surface area (Å²) in [6.07, 6.45) is 5.60. The second kappa shape index (κ2) is 6.30. The van der Waals surface area contributed by atoms with Gasteiger partial charge in [-0.15, -0.1) is 0 Å². The Hall–Kier alpha value is -1.69. The number of hydrogen-bond donors (Lipinski definition) is 1. The Morgan fingerprint density at radius 2 is 2.28 bits per heavy atom. The van der Waals surface area contributed by atoms with E-state index in [4.69, 9.17) is 4.52 Å². The van der Waals surface area contributed by atoms with Crippen LogP contribution in [0.25, 0.3) is 0 Å². The fourth-order valence-electron chi connectivity index (χ4n) is 1.71. The summed E-state index contributed by atoms with van der Waals surface area (Å²) in [4.78, 5) is 8.65. The molecule has 18 heavy (non-hydrogen) atoms. The molecular formula is C12H19N5O. The van der Waals surface area contributed by atoms with Crippen molar-refractivity contribution in [2.75, 3.05) is 6.54 Å². The predicted molar refractivity (Wildman–Crippen MR) is 67.0 cm³/mol. The van der Waals surface area contributed by atoms with Crippen LogP contribution in [-0.2, 0) is 19.5 Å². The SMILES string of the molecule is CCCc1noc(Cn2ccnc2CNCC)n1. The minimum absolute atomic E-state index is 0.581. The molecule has 0 radical (unpaired) electrons. The third-order valence-electron chi connectivity index (χ3n) is 2.62. The van der Waals surface area contributed by atoms with Gasteiger partial charge < -0.3 is 14.4 Å². The molecule has 0 amide bonds. The summed E-state index contributed by atoms with van der Waals surface area (Å²) in [7, 11) is 0. The lowest BCUT2D eigenvalue weighted by Crippen LogP contribution is -2.16. The molecule has 0 bridgehead atoms. The van der Waals surface area contributed by atoms with Crippen LogP contribution in [0.3, 0.4) is 0 Å². The molecule has 0 aromatic carbocycles. The van der Waals surface area contributed by atoms with Crippen LogP contribution in [0.2, 0.25) is 0 Å². The number of hydrogen-bond acceptors (Lipinski definition) is 5. The molecule has 6 nitrogen and oxygen atoms in total. The van der Waals surface area contributed by atoms with Gasteiger partial charge in [0.1, 0.15) is 12.4 Å². The van der Waals surface area contributed by atoms with Gasteiger partial charge in [0.05, 0.1) is 6.54 Å². The number of aryl methyl sites for hydroxylation is 1. The Morgan fingerprint density at radius 3 is 3.06 bits per heavy atom. The maximum absolute atomic E-state index is 5.22. The van der Waals surface area contributed by atoms with Gasteiger partial charge in [-0.3, -0.25) is 0 Å². The molecule has 2 heterocycles. The Bertz CT molecular complexity index is 476. The molecule has 2 rings (SSSR count). The lowest BCUT2D eigenvalue weighted by atomic mass is 10.3. The molecule has 0 aliphatic heterocycles. The van der Waals surface area contributed by atoms with Crippen LogP contribution in [-0.4, -0.2) is 26.2 Å². The maximum Gasteiger partial charge on any atom is 0.246 e. The van der Waals surface area contributed by atoms with E-state index in [9.17, 15) is 0 Å². The number of rotatable bonds is 7. The van der Waals surface area contributed by atoms with Crippen LogP contribution in [0.5, 0.6) is 0 Å². The summed E-state index contributed by atoms with van der Waals surface area (Å²) in [5.74, 6) is 2.39. The standard InChI is InChI=1S/C12H19N5O/c1-3-5-10-15-12(18-16-10)9-17-7-6-14-11(17)8-13-4-2/h6-7,13H,3-5,8-9H2,1-2H3. The summed E-state index contributed by atoms with van der Waals surface area (Å²) >= 11 is 0. The maximum atomic E-state index is 5.22. The molecule has 0 spiro atoms. The van der Waals surface area contributed by atoms with E-state index in [0.717, 1.165) is 37.6 Å². The van der Waals surface area contributed by atoms with Gasteiger partial charge in [-0.05, 0) is 13.0 Å². The fraction of sp³-hybridized carbons (Fsp3) is 0.583. The van der Waals surface area contributed by atoms with Crippen molar-refractivity contribution < 1.29 is 4.52 Å². The van der Waals surface area contributed by atoms with Gasteiger partial charge in [0, 0.05) is 18.8 Å². The lowest BCUT2D eigenvalue weighted by molar-refractivity contribution is 0.364. The summed E-state index contributed by atoms with van der Waals surface area (Å²) < 4.78 is 7.24. The van der Waals surface area contributed by atoms with Crippen molar-refractivity contribution in [2.24, 2.45) is 0 Å². The van der Waals surface area contributed by atoms with E-state index in [-0.39, 0.29) is 0 Å². The molecule has 0 aliphatic carbocycles. The highest BCUT2D eigenvalue weighted by Crippen LogP contribution is 2.05. The number of nitrogens with one attached hydrogen (secondary N) is 1. The van der Waals surface area contributed by atoms with E-state index < -0.39 is 0 Å². The quantitative estimate of drug-likeness (QED) is 0.802. The number of aromatic nitrogens is 4. The molecule has 0 saturated heterocycles. The third-order valence-corrected chi connectivity index (χ3v) is 2.62. The number of imidazole rings is 1. The van der Waals surface area contributed by atoms with Crippen molar-refractivity contribution in [1.82, 2.24) is 25.0 Å². The van der Waals surface area contributed by atoms with Crippen molar-refractivity contribution in [1.29, 1.82) is 0 Å². The molecule has 0 aliphatic rings. The van der Waals surface area contributed by atoms with Crippen molar-refractivity contribution in [3.8, 4) is 0 Å². The first-order chi connectivity index (χ1) is 8.83. The van der Waals surface area contributed by atoms with Gasteiger partial charge in [-0.1, -0.05) is 19.0 Å². The summed E-state index contributed by atoms with van der Waals surface area (Å²) in [6.45, 7) is 6.42. The first kappa shape index (κ1) is 12.8.